The largest absolute Gasteiger partial charge is 0.316 e. The lowest BCUT2D eigenvalue weighted by Gasteiger charge is -2.33. The molecule has 0 aromatic heterocycles. The van der Waals surface area contributed by atoms with Gasteiger partial charge in [-0.15, -0.1) is 0 Å². The van der Waals surface area contributed by atoms with Gasteiger partial charge >= 0.3 is 0 Å². The first-order chi connectivity index (χ1) is 7.27. The number of rotatable bonds is 6. The summed E-state index contributed by atoms with van der Waals surface area (Å²) in [6.07, 6.45) is 9.74. The predicted molar refractivity (Wildman–Crippen MR) is 67.3 cm³/mol. The molecule has 1 N–H and O–H groups in total. The summed E-state index contributed by atoms with van der Waals surface area (Å²) in [7, 11) is 4.39. The van der Waals surface area contributed by atoms with Gasteiger partial charge in [-0.1, -0.05) is 32.6 Å². The predicted octanol–water partition coefficient (Wildman–Crippen LogP) is 2.64. The quantitative estimate of drug-likeness (QED) is 0.728. The molecule has 1 aliphatic carbocycles. The first-order valence-corrected chi connectivity index (χ1v) is 6.65. The topological polar surface area (TPSA) is 15.3 Å². The van der Waals surface area contributed by atoms with Crippen molar-refractivity contribution in [3.8, 4) is 0 Å². The van der Waals surface area contributed by atoms with Crippen LogP contribution in [-0.4, -0.2) is 37.6 Å². The highest BCUT2D eigenvalue weighted by atomic mass is 15.1. The zero-order valence-electron chi connectivity index (χ0n) is 10.8. The van der Waals surface area contributed by atoms with Crippen molar-refractivity contribution in [3.05, 3.63) is 0 Å². The minimum absolute atomic E-state index is 0.682. The van der Waals surface area contributed by atoms with Crippen LogP contribution >= 0.6 is 0 Å². The average molecular weight is 212 g/mol. The van der Waals surface area contributed by atoms with Crippen molar-refractivity contribution >= 4 is 0 Å². The van der Waals surface area contributed by atoms with Gasteiger partial charge in [-0.25, -0.2) is 0 Å². The fourth-order valence-corrected chi connectivity index (χ4v) is 2.69. The molecule has 0 aromatic rings. The molecule has 1 aliphatic rings. The molecule has 1 atom stereocenters. The van der Waals surface area contributed by atoms with Crippen molar-refractivity contribution in [2.45, 2.75) is 64.0 Å². The molecule has 0 amide bonds. The highest BCUT2D eigenvalue weighted by Gasteiger charge is 2.19. The van der Waals surface area contributed by atoms with E-state index < -0.39 is 0 Å². The van der Waals surface area contributed by atoms with E-state index in [4.69, 9.17) is 0 Å². The standard InChI is InChI=1S/C13H28N2/c1-4-8-12(14-2)11-15(3)13-9-6-5-7-10-13/h12-14H,4-11H2,1-3H3. The Balaban J connectivity index is 2.28. The van der Waals surface area contributed by atoms with Gasteiger partial charge in [0.2, 0.25) is 0 Å². The zero-order chi connectivity index (χ0) is 11.1. The molecule has 0 aliphatic heterocycles. The molecule has 2 nitrogen and oxygen atoms in total. The molecule has 0 radical (unpaired) electrons. The van der Waals surface area contributed by atoms with Crippen molar-refractivity contribution in [1.29, 1.82) is 0 Å². The second-order valence-corrected chi connectivity index (χ2v) is 5.01. The van der Waals surface area contributed by atoms with E-state index in [1.54, 1.807) is 0 Å². The Hall–Kier alpha value is -0.0800. The van der Waals surface area contributed by atoms with Crippen LogP contribution in [0.4, 0.5) is 0 Å². The smallest absolute Gasteiger partial charge is 0.0191 e. The van der Waals surface area contributed by atoms with Gasteiger partial charge in [-0.05, 0) is 33.4 Å². The summed E-state index contributed by atoms with van der Waals surface area (Å²) >= 11 is 0. The minimum Gasteiger partial charge on any atom is -0.316 e. The molecule has 1 saturated carbocycles. The molecule has 0 aromatic carbocycles. The first-order valence-electron chi connectivity index (χ1n) is 6.65. The Labute approximate surface area is 95.4 Å². The highest BCUT2D eigenvalue weighted by molar-refractivity contribution is 4.77. The number of nitrogens with one attached hydrogen (secondary N) is 1. The van der Waals surface area contributed by atoms with E-state index in [1.165, 1.54) is 51.5 Å². The van der Waals surface area contributed by atoms with E-state index in [1.807, 2.05) is 0 Å². The first kappa shape index (κ1) is 13.0. The molecule has 0 saturated heterocycles. The highest BCUT2D eigenvalue weighted by Crippen LogP contribution is 2.21. The summed E-state index contributed by atoms with van der Waals surface area (Å²) in [6, 6.07) is 1.54. The van der Waals surface area contributed by atoms with Crippen molar-refractivity contribution in [3.63, 3.8) is 0 Å². The van der Waals surface area contributed by atoms with E-state index in [0.717, 1.165) is 6.04 Å². The molecule has 90 valence electrons. The van der Waals surface area contributed by atoms with Crippen LogP contribution in [0.5, 0.6) is 0 Å². The second-order valence-electron chi connectivity index (χ2n) is 5.01. The van der Waals surface area contributed by atoms with Gasteiger partial charge in [0.15, 0.2) is 0 Å². The van der Waals surface area contributed by atoms with E-state index in [9.17, 15) is 0 Å². The van der Waals surface area contributed by atoms with Gasteiger partial charge < -0.3 is 10.2 Å². The Morgan fingerprint density at radius 2 is 1.93 bits per heavy atom. The maximum Gasteiger partial charge on any atom is 0.0191 e. The maximum absolute atomic E-state index is 3.43. The van der Waals surface area contributed by atoms with Gasteiger partial charge in [-0.3, -0.25) is 0 Å². The number of nitrogens with zero attached hydrogens (tertiary/aromatic N) is 1. The lowest BCUT2D eigenvalue weighted by atomic mass is 9.94. The van der Waals surface area contributed by atoms with Crippen LogP contribution < -0.4 is 5.32 Å². The molecule has 0 spiro atoms. The minimum atomic E-state index is 0.682. The normalized spacial score (nSPS) is 20.8. The Kier molecular flexibility index (Phi) is 6.26. The fourth-order valence-electron chi connectivity index (χ4n) is 2.69. The van der Waals surface area contributed by atoms with Crippen molar-refractivity contribution < 1.29 is 0 Å². The van der Waals surface area contributed by atoms with Crippen LogP contribution in [-0.2, 0) is 0 Å². The second kappa shape index (κ2) is 7.24. The van der Waals surface area contributed by atoms with Crippen molar-refractivity contribution in [2.24, 2.45) is 0 Å². The lowest BCUT2D eigenvalue weighted by Crippen LogP contribution is -2.43. The van der Waals surface area contributed by atoms with E-state index in [-0.39, 0.29) is 0 Å². The summed E-state index contributed by atoms with van der Waals surface area (Å²) < 4.78 is 0. The van der Waals surface area contributed by atoms with Crippen LogP contribution in [0.1, 0.15) is 51.9 Å². The summed E-state index contributed by atoms with van der Waals surface area (Å²) in [4.78, 5) is 2.58. The number of hydrogen-bond donors (Lipinski definition) is 1. The summed E-state index contributed by atoms with van der Waals surface area (Å²) in [6.45, 7) is 3.49. The lowest BCUT2D eigenvalue weighted by molar-refractivity contribution is 0.173. The molecule has 15 heavy (non-hydrogen) atoms. The van der Waals surface area contributed by atoms with E-state index in [0.29, 0.717) is 6.04 Å². The van der Waals surface area contributed by atoms with Crippen LogP contribution in [0.2, 0.25) is 0 Å². The van der Waals surface area contributed by atoms with Gasteiger partial charge in [0.1, 0.15) is 0 Å². The zero-order valence-corrected chi connectivity index (χ0v) is 10.8. The Morgan fingerprint density at radius 1 is 1.27 bits per heavy atom. The molecule has 1 rings (SSSR count). The van der Waals surface area contributed by atoms with Crippen LogP contribution in [0.15, 0.2) is 0 Å². The SMILES string of the molecule is CCCC(CN(C)C1CCCCC1)NC. The summed E-state index contributed by atoms with van der Waals surface area (Å²) in [5, 5.41) is 3.43. The average Bonchev–Trinajstić information content (AvgIpc) is 2.29. The fraction of sp³-hybridized carbons (Fsp3) is 1.00. The van der Waals surface area contributed by atoms with Crippen molar-refractivity contribution in [1.82, 2.24) is 10.2 Å². The van der Waals surface area contributed by atoms with E-state index >= 15 is 0 Å². The van der Waals surface area contributed by atoms with E-state index in [2.05, 4.69) is 31.2 Å². The maximum atomic E-state index is 3.43. The molecule has 0 bridgehead atoms. The number of hydrogen-bond acceptors (Lipinski definition) is 2. The molecule has 2 heteroatoms. The third kappa shape index (κ3) is 4.52. The van der Waals surface area contributed by atoms with Crippen LogP contribution in [0.25, 0.3) is 0 Å². The molecular weight excluding hydrogens is 184 g/mol. The molecular formula is C13H28N2. The molecule has 1 fully saturated rings. The third-order valence-electron chi connectivity index (χ3n) is 3.75. The van der Waals surface area contributed by atoms with Gasteiger partial charge in [0.25, 0.3) is 0 Å². The van der Waals surface area contributed by atoms with Crippen molar-refractivity contribution in [2.75, 3.05) is 20.6 Å². The molecule has 1 unspecified atom stereocenters. The Bertz CT molecular complexity index is 153. The van der Waals surface area contributed by atoms with Gasteiger partial charge in [0, 0.05) is 18.6 Å². The monoisotopic (exact) mass is 212 g/mol. The number of likely N-dealkylation sites (N-methyl/N-ethyl adjacent to an activating group) is 2. The summed E-state index contributed by atoms with van der Waals surface area (Å²) in [5.41, 5.74) is 0. The van der Waals surface area contributed by atoms with Gasteiger partial charge in [0.05, 0.1) is 0 Å². The molecule has 0 heterocycles. The van der Waals surface area contributed by atoms with Crippen LogP contribution in [0.3, 0.4) is 0 Å². The van der Waals surface area contributed by atoms with Crippen LogP contribution in [0, 0.1) is 0 Å². The Morgan fingerprint density at radius 3 is 2.47 bits per heavy atom. The van der Waals surface area contributed by atoms with Gasteiger partial charge in [-0.2, -0.15) is 0 Å². The summed E-state index contributed by atoms with van der Waals surface area (Å²) in [5.74, 6) is 0. The third-order valence-corrected chi connectivity index (χ3v) is 3.75.